The van der Waals surface area contributed by atoms with Gasteiger partial charge < -0.3 is 18.8 Å². The van der Waals surface area contributed by atoms with E-state index in [0.717, 1.165) is 5.56 Å². The van der Waals surface area contributed by atoms with Crippen LogP contribution in [0, 0.1) is 6.92 Å². The highest BCUT2D eigenvalue weighted by Crippen LogP contribution is 2.25. The first-order valence-electron chi connectivity index (χ1n) is 7.80. The zero-order valence-corrected chi connectivity index (χ0v) is 13.6. The first-order valence-corrected chi connectivity index (χ1v) is 7.80. The van der Waals surface area contributed by atoms with Crippen molar-refractivity contribution in [2.24, 2.45) is 0 Å². The summed E-state index contributed by atoms with van der Waals surface area (Å²) in [7, 11) is 0. The standard InChI is InChI=1S/C18H21NO4/c1-12-4-6-15(7-5-12)22-17-9-8-16(23-17)18(20)19-10-13(2)21-14(3)11-19/h4-9,13-14H,10-11H2,1-3H3. The lowest BCUT2D eigenvalue weighted by Gasteiger charge is -2.34. The van der Waals surface area contributed by atoms with Crippen molar-refractivity contribution >= 4 is 5.91 Å². The van der Waals surface area contributed by atoms with Crippen molar-refractivity contribution in [3.63, 3.8) is 0 Å². The van der Waals surface area contributed by atoms with Crippen molar-refractivity contribution in [3.05, 3.63) is 47.7 Å². The summed E-state index contributed by atoms with van der Waals surface area (Å²) in [6.07, 6.45) is 0.0573. The number of hydrogen-bond acceptors (Lipinski definition) is 4. The van der Waals surface area contributed by atoms with Crippen LogP contribution in [0.4, 0.5) is 0 Å². The van der Waals surface area contributed by atoms with E-state index in [1.165, 1.54) is 0 Å². The van der Waals surface area contributed by atoms with Crippen molar-refractivity contribution < 1.29 is 18.7 Å². The zero-order valence-electron chi connectivity index (χ0n) is 13.6. The molecule has 1 aromatic carbocycles. The van der Waals surface area contributed by atoms with Crippen LogP contribution in [0.2, 0.25) is 0 Å². The highest BCUT2D eigenvalue weighted by Gasteiger charge is 2.28. The van der Waals surface area contributed by atoms with Crippen molar-refractivity contribution in [3.8, 4) is 11.7 Å². The molecule has 1 aromatic heterocycles. The number of aryl methyl sites for hydroxylation is 1. The number of carbonyl (C=O) groups is 1. The SMILES string of the molecule is Cc1ccc(Oc2ccc(C(=O)N3CC(C)OC(C)C3)o2)cc1. The molecule has 1 aliphatic heterocycles. The van der Waals surface area contributed by atoms with E-state index < -0.39 is 0 Å². The first kappa shape index (κ1) is 15.6. The molecule has 2 heterocycles. The molecule has 1 saturated heterocycles. The number of ether oxygens (including phenoxy) is 2. The third-order valence-electron chi connectivity index (χ3n) is 3.74. The van der Waals surface area contributed by atoms with Crippen LogP contribution in [0.25, 0.3) is 0 Å². The van der Waals surface area contributed by atoms with Gasteiger partial charge in [-0.25, -0.2) is 0 Å². The number of carbonyl (C=O) groups excluding carboxylic acids is 1. The Labute approximate surface area is 135 Å². The van der Waals surface area contributed by atoms with Gasteiger partial charge >= 0.3 is 0 Å². The molecule has 5 nitrogen and oxygen atoms in total. The molecule has 1 aliphatic rings. The van der Waals surface area contributed by atoms with Crippen LogP contribution in [0.3, 0.4) is 0 Å². The van der Waals surface area contributed by atoms with Crippen molar-refractivity contribution in [2.45, 2.75) is 33.0 Å². The second kappa shape index (κ2) is 6.46. The fraction of sp³-hybridized carbons (Fsp3) is 0.389. The number of furan rings is 1. The lowest BCUT2D eigenvalue weighted by atomic mass is 10.2. The van der Waals surface area contributed by atoms with Gasteiger partial charge in [0.1, 0.15) is 5.75 Å². The van der Waals surface area contributed by atoms with Gasteiger partial charge in [0.25, 0.3) is 11.9 Å². The Morgan fingerprint density at radius 3 is 2.39 bits per heavy atom. The fourth-order valence-corrected chi connectivity index (χ4v) is 2.71. The molecule has 5 heteroatoms. The molecule has 2 unspecified atom stereocenters. The van der Waals surface area contributed by atoms with Crippen LogP contribution in [0.1, 0.15) is 30.0 Å². The number of hydrogen-bond donors (Lipinski definition) is 0. The molecular weight excluding hydrogens is 294 g/mol. The minimum Gasteiger partial charge on any atom is -0.426 e. The predicted molar refractivity (Wildman–Crippen MR) is 85.9 cm³/mol. The summed E-state index contributed by atoms with van der Waals surface area (Å²) in [5.41, 5.74) is 1.16. The largest absolute Gasteiger partial charge is 0.426 e. The minimum absolute atomic E-state index is 0.0286. The van der Waals surface area contributed by atoms with Gasteiger partial charge in [-0.3, -0.25) is 4.79 Å². The van der Waals surface area contributed by atoms with Gasteiger partial charge in [-0.05, 0) is 39.0 Å². The van der Waals surface area contributed by atoms with E-state index in [4.69, 9.17) is 13.9 Å². The molecule has 23 heavy (non-hydrogen) atoms. The molecule has 0 radical (unpaired) electrons. The maximum Gasteiger partial charge on any atom is 0.290 e. The minimum atomic E-state index is -0.134. The maximum atomic E-state index is 12.5. The molecule has 0 aliphatic carbocycles. The molecule has 2 atom stereocenters. The number of nitrogens with zero attached hydrogens (tertiary/aromatic N) is 1. The van der Waals surface area contributed by atoms with Crippen LogP contribution in [-0.4, -0.2) is 36.1 Å². The molecule has 1 fully saturated rings. The summed E-state index contributed by atoms with van der Waals surface area (Å²) in [6.45, 7) is 7.07. The van der Waals surface area contributed by atoms with Gasteiger partial charge in [-0.2, -0.15) is 0 Å². The molecule has 2 aromatic rings. The summed E-state index contributed by atoms with van der Waals surface area (Å²) in [5.74, 6) is 1.14. The van der Waals surface area contributed by atoms with Gasteiger partial charge in [0.15, 0.2) is 5.76 Å². The van der Waals surface area contributed by atoms with E-state index in [0.29, 0.717) is 24.8 Å². The topological polar surface area (TPSA) is 51.9 Å². The van der Waals surface area contributed by atoms with Crippen molar-refractivity contribution in [2.75, 3.05) is 13.1 Å². The quantitative estimate of drug-likeness (QED) is 0.868. The smallest absolute Gasteiger partial charge is 0.290 e. The molecular formula is C18H21NO4. The Kier molecular flexibility index (Phi) is 4.39. The Balaban J connectivity index is 1.68. The Morgan fingerprint density at radius 2 is 1.74 bits per heavy atom. The molecule has 0 N–H and O–H groups in total. The Morgan fingerprint density at radius 1 is 1.09 bits per heavy atom. The molecule has 0 saturated carbocycles. The third-order valence-corrected chi connectivity index (χ3v) is 3.74. The van der Waals surface area contributed by atoms with Crippen LogP contribution >= 0.6 is 0 Å². The molecule has 0 spiro atoms. The van der Waals surface area contributed by atoms with E-state index in [1.807, 2.05) is 45.0 Å². The zero-order chi connectivity index (χ0) is 16.4. The van der Waals surface area contributed by atoms with E-state index >= 15 is 0 Å². The average molecular weight is 315 g/mol. The third kappa shape index (κ3) is 3.74. The fourth-order valence-electron chi connectivity index (χ4n) is 2.71. The first-order chi connectivity index (χ1) is 11.0. The van der Waals surface area contributed by atoms with Crippen LogP contribution in [-0.2, 0) is 4.74 Å². The van der Waals surface area contributed by atoms with Gasteiger partial charge in [0.2, 0.25) is 0 Å². The second-order valence-corrected chi connectivity index (χ2v) is 6.00. The average Bonchev–Trinajstić information content (AvgIpc) is 2.96. The summed E-state index contributed by atoms with van der Waals surface area (Å²) >= 11 is 0. The van der Waals surface area contributed by atoms with Crippen LogP contribution < -0.4 is 4.74 Å². The van der Waals surface area contributed by atoms with E-state index in [9.17, 15) is 4.79 Å². The lowest BCUT2D eigenvalue weighted by molar-refractivity contribution is -0.0592. The summed E-state index contributed by atoms with van der Waals surface area (Å²) in [6, 6.07) is 11.0. The summed E-state index contributed by atoms with van der Waals surface area (Å²) in [4.78, 5) is 14.3. The van der Waals surface area contributed by atoms with Crippen LogP contribution in [0.15, 0.2) is 40.8 Å². The Hall–Kier alpha value is -2.27. The highest BCUT2D eigenvalue weighted by atomic mass is 16.6. The van der Waals surface area contributed by atoms with Crippen LogP contribution in [0.5, 0.6) is 11.7 Å². The van der Waals surface area contributed by atoms with Crippen molar-refractivity contribution in [1.29, 1.82) is 0 Å². The molecule has 1 amide bonds. The van der Waals surface area contributed by atoms with Gasteiger partial charge in [0.05, 0.1) is 12.2 Å². The van der Waals surface area contributed by atoms with Gasteiger partial charge in [-0.15, -0.1) is 0 Å². The second-order valence-electron chi connectivity index (χ2n) is 6.00. The summed E-state index contributed by atoms with van der Waals surface area (Å²) in [5, 5.41) is 0. The number of benzene rings is 1. The Bertz CT molecular complexity index is 667. The number of morpholine rings is 1. The molecule has 3 rings (SSSR count). The van der Waals surface area contributed by atoms with E-state index in [-0.39, 0.29) is 23.9 Å². The lowest BCUT2D eigenvalue weighted by Crippen LogP contribution is -2.48. The predicted octanol–water partition coefficient (Wildman–Crippen LogP) is 3.63. The summed E-state index contributed by atoms with van der Waals surface area (Å²) < 4.78 is 16.8. The molecule has 122 valence electrons. The maximum absolute atomic E-state index is 12.5. The normalized spacial score (nSPS) is 21.3. The number of rotatable bonds is 3. The van der Waals surface area contributed by atoms with Gasteiger partial charge in [0, 0.05) is 19.2 Å². The van der Waals surface area contributed by atoms with Gasteiger partial charge in [-0.1, -0.05) is 17.7 Å². The highest BCUT2D eigenvalue weighted by molar-refractivity contribution is 5.91. The van der Waals surface area contributed by atoms with E-state index in [1.54, 1.807) is 17.0 Å². The number of amides is 1. The van der Waals surface area contributed by atoms with E-state index in [2.05, 4.69) is 0 Å². The monoisotopic (exact) mass is 315 g/mol. The molecule has 0 bridgehead atoms. The van der Waals surface area contributed by atoms with Crippen molar-refractivity contribution in [1.82, 2.24) is 4.90 Å².